The third kappa shape index (κ3) is 2.92. The number of fused-ring (bicyclic) bond motifs is 1. The monoisotopic (exact) mass is 314 g/mol. The number of rotatable bonds is 5. The van der Waals surface area contributed by atoms with Crippen LogP contribution in [0.3, 0.4) is 0 Å². The van der Waals surface area contributed by atoms with E-state index < -0.39 is 5.92 Å². The fourth-order valence-electron chi connectivity index (χ4n) is 2.98. The normalized spacial score (nSPS) is 20.0. The van der Waals surface area contributed by atoms with Crippen LogP contribution in [0.25, 0.3) is 10.8 Å². The number of cyclic esters (lactones) is 1. The van der Waals surface area contributed by atoms with E-state index >= 15 is 0 Å². The van der Waals surface area contributed by atoms with Gasteiger partial charge in [-0.2, -0.15) is 0 Å². The van der Waals surface area contributed by atoms with E-state index in [1.165, 1.54) is 7.11 Å². The number of ether oxygens (including phenoxy) is 2. The third-order valence-corrected chi connectivity index (χ3v) is 4.28. The molecule has 3 rings (SSSR count). The molecule has 2 aromatic carbocycles. The first-order valence-electron chi connectivity index (χ1n) is 7.55. The van der Waals surface area contributed by atoms with Crippen molar-refractivity contribution in [3.63, 3.8) is 0 Å². The van der Waals surface area contributed by atoms with Gasteiger partial charge in [-0.05, 0) is 41.3 Å². The Morgan fingerprint density at radius 3 is 2.78 bits per heavy atom. The van der Waals surface area contributed by atoms with Gasteiger partial charge in [-0.15, -0.1) is 0 Å². The van der Waals surface area contributed by atoms with E-state index in [2.05, 4.69) is 0 Å². The molecule has 5 heteroatoms. The van der Waals surface area contributed by atoms with Crippen LogP contribution < -0.4 is 0 Å². The number of methoxy groups -OCH3 is 1. The fourth-order valence-corrected chi connectivity index (χ4v) is 2.98. The van der Waals surface area contributed by atoms with Gasteiger partial charge in [-0.25, -0.2) is 4.79 Å². The zero-order valence-electron chi connectivity index (χ0n) is 12.8. The molecule has 1 aliphatic heterocycles. The summed E-state index contributed by atoms with van der Waals surface area (Å²) in [5, 5.41) is 11.2. The van der Waals surface area contributed by atoms with Crippen LogP contribution >= 0.6 is 0 Å². The van der Waals surface area contributed by atoms with E-state index in [1.54, 1.807) is 0 Å². The van der Waals surface area contributed by atoms with E-state index in [0.29, 0.717) is 18.4 Å². The molecule has 0 saturated carbocycles. The minimum absolute atomic E-state index is 0.188. The molecule has 2 atom stereocenters. The van der Waals surface area contributed by atoms with Crippen molar-refractivity contribution >= 4 is 22.7 Å². The van der Waals surface area contributed by atoms with Gasteiger partial charge in [0.05, 0.1) is 19.3 Å². The quantitative estimate of drug-likeness (QED) is 0.856. The highest BCUT2D eigenvalue weighted by Crippen LogP contribution is 2.28. The number of hydrogen-bond acceptors (Lipinski definition) is 5. The smallest absolute Gasteiger partial charge is 0.337 e. The van der Waals surface area contributed by atoms with Gasteiger partial charge in [0.15, 0.2) is 0 Å². The maximum absolute atomic E-state index is 11.8. The van der Waals surface area contributed by atoms with Crippen molar-refractivity contribution in [1.82, 2.24) is 0 Å². The van der Waals surface area contributed by atoms with Gasteiger partial charge < -0.3 is 14.6 Å². The van der Waals surface area contributed by atoms with E-state index in [0.717, 1.165) is 16.3 Å². The molecule has 0 amide bonds. The Bertz CT molecular complexity index is 752. The van der Waals surface area contributed by atoms with Crippen LogP contribution in [0, 0.1) is 5.92 Å². The van der Waals surface area contributed by atoms with Crippen LogP contribution in [0.4, 0.5) is 0 Å². The first-order valence-corrected chi connectivity index (χ1v) is 7.55. The first kappa shape index (κ1) is 15.5. The summed E-state index contributed by atoms with van der Waals surface area (Å²) in [6.07, 6.45) is 1.01. The predicted molar refractivity (Wildman–Crippen MR) is 84.1 cm³/mol. The van der Waals surface area contributed by atoms with Crippen molar-refractivity contribution in [2.24, 2.45) is 5.92 Å². The van der Waals surface area contributed by atoms with Gasteiger partial charge in [0, 0.05) is 0 Å². The molecule has 0 radical (unpaired) electrons. The number of carbonyl (C=O) groups is 2. The maximum atomic E-state index is 11.8. The Kier molecular flexibility index (Phi) is 4.30. The number of aryl methyl sites for hydroxylation is 1. The summed E-state index contributed by atoms with van der Waals surface area (Å²) >= 11 is 0. The molecule has 23 heavy (non-hydrogen) atoms. The molecular weight excluding hydrogens is 296 g/mol. The standard InChI is InChI=1S/C18H18O5/c1-22-17(20)13-8-11-4-2-3-5-14(11)12(9-13)6-7-16-15(10-19)18(21)23-16/h2-5,8-9,15-16,19H,6-7,10H2,1H3/t15-,16-/m0/s1. The molecule has 0 spiro atoms. The zero-order valence-corrected chi connectivity index (χ0v) is 12.8. The number of benzene rings is 2. The molecule has 0 aliphatic carbocycles. The van der Waals surface area contributed by atoms with E-state index in [-0.39, 0.29) is 24.6 Å². The molecule has 1 aliphatic rings. The van der Waals surface area contributed by atoms with Crippen molar-refractivity contribution in [3.05, 3.63) is 47.5 Å². The second-order valence-corrected chi connectivity index (χ2v) is 5.65. The Balaban J connectivity index is 1.86. The second-order valence-electron chi connectivity index (χ2n) is 5.65. The lowest BCUT2D eigenvalue weighted by atomic mass is 9.90. The van der Waals surface area contributed by atoms with Gasteiger partial charge in [0.2, 0.25) is 0 Å². The topological polar surface area (TPSA) is 72.8 Å². The summed E-state index contributed by atoms with van der Waals surface area (Å²) in [6, 6.07) is 11.5. The number of hydrogen-bond donors (Lipinski definition) is 1. The predicted octanol–water partition coefficient (Wildman–Crippen LogP) is 2.09. The first-order chi connectivity index (χ1) is 11.1. The lowest BCUT2D eigenvalue weighted by molar-refractivity contribution is -0.188. The van der Waals surface area contributed by atoms with Gasteiger partial charge >= 0.3 is 11.9 Å². The minimum atomic E-state index is -0.426. The fraction of sp³-hybridized carbons (Fsp3) is 0.333. The van der Waals surface area contributed by atoms with Crippen molar-refractivity contribution in [3.8, 4) is 0 Å². The Labute approximate surface area is 133 Å². The van der Waals surface area contributed by atoms with E-state index in [4.69, 9.17) is 9.47 Å². The molecule has 1 fully saturated rings. The second kappa shape index (κ2) is 6.38. The number of esters is 2. The van der Waals surface area contributed by atoms with E-state index in [1.807, 2.05) is 36.4 Å². The van der Waals surface area contributed by atoms with Crippen molar-refractivity contribution in [2.75, 3.05) is 13.7 Å². The SMILES string of the molecule is COC(=O)c1cc(CC[C@@H]2OC(=O)[C@H]2CO)c2ccccc2c1. The van der Waals surface area contributed by atoms with Gasteiger partial charge in [-0.1, -0.05) is 24.3 Å². The largest absolute Gasteiger partial charge is 0.465 e. The van der Waals surface area contributed by atoms with E-state index in [9.17, 15) is 14.7 Å². The molecule has 0 bridgehead atoms. The molecule has 0 unspecified atom stereocenters. The van der Waals surface area contributed by atoms with Gasteiger partial charge in [-0.3, -0.25) is 4.79 Å². The summed E-state index contributed by atoms with van der Waals surface area (Å²) in [5.74, 6) is -1.14. The third-order valence-electron chi connectivity index (χ3n) is 4.28. The van der Waals surface area contributed by atoms with Crippen LogP contribution in [-0.2, 0) is 20.7 Å². The van der Waals surface area contributed by atoms with Gasteiger partial charge in [0.1, 0.15) is 12.0 Å². The van der Waals surface area contributed by atoms with Crippen molar-refractivity contribution in [2.45, 2.75) is 18.9 Å². The van der Waals surface area contributed by atoms with Gasteiger partial charge in [0.25, 0.3) is 0 Å². The molecule has 0 aromatic heterocycles. The van der Waals surface area contributed by atoms with Crippen LogP contribution in [0.1, 0.15) is 22.3 Å². The highest BCUT2D eigenvalue weighted by molar-refractivity contribution is 5.97. The van der Waals surface area contributed by atoms with Crippen LogP contribution in [-0.4, -0.2) is 36.9 Å². The Morgan fingerprint density at radius 2 is 2.09 bits per heavy atom. The molecule has 1 saturated heterocycles. The lowest BCUT2D eigenvalue weighted by Crippen LogP contribution is -2.47. The summed E-state index contributed by atoms with van der Waals surface area (Å²) in [5.41, 5.74) is 1.51. The molecule has 2 aromatic rings. The maximum Gasteiger partial charge on any atom is 0.337 e. The number of aliphatic hydroxyl groups is 1. The summed E-state index contributed by atoms with van der Waals surface area (Å²) in [4.78, 5) is 23.1. The summed E-state index contributed by atoms with van der Waals surface area (Å²) < 4.78 is 9.89. The molecular formula is C18H18O5. The molecule has 120 valence electrons. The van der Waals surface area contributed by atoms with Crippen molar-refractivity contribution in [1.29, 1.82) is 0 Å². The Morgan fingerprint density at radius 1 is 1.30 bits per heavy atom. The molecule has 1 heterocycles. The minimum Gasteiger partial charge on any atom is -0.465 e. The van der Waals surface area contributed by atoms with Crippen molar-refractivity contribution < 1.29 is 24.2 Å². The highest BCUT2D eigenvalue weighted by Gasteiger charge is 2.41. The van der Waals surface area contributed by atoms with Crippen LogP contribution in [0.5, 0.6) is 0 Å². The highest BCUT2D eigenvalue weighted by atomic mass is 16.6. The average molecular weight is 314 g/mol. The molecule has 5 nitrogen and oxygen atoms in total. The molecule has 1 N–H and O–H groups in total. The van der Waals surface area contributed by atoms with Crippen LogP contribution in [0.2, 0.25) is 0 Å². The average Bonchev–Trinajstić information content (AvgIpc) is 2.57. The summed E-state index contributed by atoms with van der Waals surface area (Å²) in [7, 11) is 1.36. The van der Waals surface area contributed by atoms with Crippen LogP contribution in [0.15, 0.2) is 36.4 Å². The summed E-state index contributed by atoms with van der Waals surface area (Å²) in [6.45, 7) is -0.188. The zero-order chi connectivity index (χ0) is 16.4. The lowest BCUT2D eigenvalue weighted by Gasteiger charge is -2.34. The Hall–Kier alpha value is -2.40. The number of aliphatic hydroxyl groups excluding tert-OH is 1. The number of carbonyl (C=O) groups excluding carboxylic acids is 2.